The highest BCUT2D eigenvalue weighted by atomic mass is 35.5. The first-order chi connectivity index (χ1) is 11.9. The fourth-order valence-corrected chi connectivity index (χ4v) is 2.85. The molecule has 0 aliphatic carbocycles. The summed E-state index contributed by atoms with van der Waals surface area (Å²) < 4.78 is 6.45. The summed E-state index contributed by atoms with van der Waals surface area (Å²) >= 11 is 6.01. The van der Waals surface area contributed by atoms with Gasteiger partial charge in [-0.2, -0.15) is 5.26 Å². The summed E-state index contributed by atoms with van der Waals surface area (Å²) in [6, 6.07) is 9.37. The van der Waals surface area contributed by atoms with Crippen LogP contribution in [0.1, 0.15) is 32.4 Å². The van der Waals surface area contributed by atoms with Crippen molar-refractivity contribution < 1.29 is 9.53 Å². The number of aromatic nitrogens is 1. The van der Waals surface area contributed by atoms with E-state index in [0.29, 0.717) is 21.7 Å². The number of hydrogen-bond acceptors (Lipinski definition) is 4. The van der Waals surface area contributed by atoms with Crippen LogP contribution >= 0.6 is 11.6 Å². The molecular weight excluding hydrogens is 340 g/mol. The number of halogens is 1. The number of pyridine rings is 1. The minimum absolute atomic E-state index is 0.108. The van der Waals surface area contributed by atoms with Gasteiger partial charge in [0.2, 0.25) is 0 Å². The van der Waals surface area contributed by atoms with E-state index >= 15 is 0 Å². The zero-order valence-electron chi connectivity index (χ0n) is 14.3. The van der Waals surface area contributed by atoms with Gasteiger partial charge < -0.3 is 9.30 Å². The number of hydrogen-bond donors (Lipinski definition) is 0. The lowest BCUT2D eigenvalue weighted by molar-refractivity contribution is -0.148. The molecule has 0 bridgehead atoms. The number of ether oxygens (including phenoxy) is 1. The molecule has 0 aliphatic rings. The van der Waals surface area contributed by atoms with E-state index in [2.05, 4.69) is 6.07 Å². The Bertz CT molecular complexity index is 881. The molecule has 1 aromatic heterocycles. The summed E-state index contributed by atoms with van der Waals surface area (Å²) in [4.78, 5) is 24.8. The van der Waals surface area contributed by atoms with Gasteiger partial charge in [-0.15, -0.1) is 0 Å². The number of nitriles is 1. The second kappa shape index (κ2) is 8.00. The molecule has 0 spiro atoms. The molecule has 1 unspecified atom stereocenters. The van der Waals surface area contributed by atoms with Gasteiger partial charge in [0.25, 0.3) is 5.56 Å². The van der Waals surface area contributed by atoms with Crippen molar-refractivity contribution in [3.8, 4) is 17.2 Å². The van der Waals surface area contributed by atoms with Gasteiger partial charge in [-0.3, -0.25) is 4.79 Å². The second-order valence-corrected chi connectivity index (χ2v) is 6.34. The van der Waals surface area contributed by atoms with Crippen LogP contribution in [0.3, 0.4) is 0 Å². The maximum Gasteiger partial charge on any atom is 0.329 e. The molecule has 0 amide bonds. The molecule has 5 nitrogen and oxygen atoms in total. The molecular formula is C19H19ClN2O3. The molecule has 130 valence electrons. The van der Waals surface area contributed by atoms with Gasteiger partial charge in [0, 0.05) is 22.8 Å². The third-order valence-corrected chi connectivity index (χ3v) is 4.06. The summed E-state index contributed by atoms with van der Waals surface area (Å²) in [5, 5.41) is 9.73. The Kier molecular flexibility index (Phi) is 6.00. The SMILES string of the molecule is CCOC(=O)C(C(C)C)n1ccc(-c2cc(Cl)ccc2C#N)cc1=O. The van der Waals surface area contributed by atoms with E-state index in [4.69, 9.17) is 16.3 Å². The first-order valence-corrected chi connectivity index (χ1v) is 8.35. The Balaban J connectivity index is 2.52. The van der Waals surface area contributed by atoms with E-state index in [1.807, 2.05) is 13.8 Å². The third-order valence-electron chi connectivity index (χ3n) is 3.82. The highest BCUT2D eigenvalue weighted by molar-refractivity contribution is 6.30. The van der Waals surface area contributed by atoms with Crippen molar-refractivity contribution in [3.05, 3.63) is 57.5 Å². The summed E-state index contributed by atoms with van der Waals surface area (Å²) in [7, 11) is 0. The minimum atomic E-state index is -0.698. The third kappa shape index (κ3) is 4.09. The second-order valence-electron chi connectivity index (χ2n) is 5.90. The molecule has 0 fully saturated rings. The minimum Gasteiger partial charge on any atom is -0.464 e. The fraction of sp³-hybridized carbons (Fsp3) is 0.316. The van der Waals surface area contributed by atoms with Crippen LogP contribution in [0.2, 0.25) is 5.02 Å². The maximum atomic E-state index is 12.6. The molecule has 1 heterocycles. The van der Waals surface area contributed by atoms with Crippen molar-refractivity contribution in [2.45, 2.75) is 26.8 Å². The highest BCUT2D eigenvalue weighted by Gasteiger charge is 2.26. The molecule has 0 N–H and O–H groups in total. The van der Waals surface area contributed by atoms with E-state index in [-0.39, 0.29) is 18.1 Å². The van der Waals surface area contributed by atoms with Crippen LogP contribution < -0.4 is 5.56 Å². The van der Waals surface area contributed by atoms with E-state index < -0.39 is 12.0 Å². The van der Waals surface area contributed by atoms with Gasteiger partial charge >= 0.3 is 5.97 Å². The van der Waals surface area contributed by atoms with Crippen LogP contribution in [0, 0.1) is 17.2 Å². The van der Waals surface area contributed by atoms with Gasteiger partial charge in [0.15, 0.2) is 0 Å². The first kappa shape index (κ1) is 18.8. The predicted octanol–water partition coefficient (Wildman–Crippen LogP) is 3.80. The summed E-state index contributed by atoms with van der Waals surface area (Å²) in [5.74, 6) is -0.545. The number of rotatable bonds is 5. The van der Waals surface area contributed by atoms with Crippen molar-refractivity contribution in [1.82, 2.24) is 4.57 Å². The van der Waals surface area contributed by atoms with Crippen molar-refractivity contribution in [3.63, 3.8) is 0 Å². The van der Waals surface area contributed by atoms with Crippen LogP contribution in [0.25, 0.3) is 11.1 Å². The summed E-state index contributed by atoms with van der Waals surface area (Å²) in [6.07, 6.45) is 1.56. The van der Waals surface area contributed by atoms with Crippen LogP contribution in [0.15, 0.2) is 41.3 Å². The maximum absolute atomic E-state index is 12.6. The summed E-state index contributed by atoms with van der Waals surface area (Å²) in [5.41, 5.74) is 1.24. The molecule has 2 rings (SSSR count). The molecule has 1 atom stereocenters. The largest absolute Gasteiger partial charge is 0.464 e. The molecule has 1 aromatic carbocycles. The standard InChI is InChI=1S/C19H19ClN2O3/c1-4-25-19(24)18(12(2)3)22-8-7-13(9-17(22)23)16-10-15(20)6-5-14(16)11-21/h5-10,12,18H,4H2,1-3H3. The molecule has 25 heavy (non-hydrogen) atoms. The first-order valence-electron chi connectivity index (χ1n) is 7.97. The average molecular weight is 359 g/mol. The Morgan fingerprint density at radius 2 is 2.04 bits per heavy atom. The van der Waals surface area contributed by atoms with E-state index in [1.54, 1.807) is 37.4 Å². The number of nitrogens with zero attached hydrogens (tertiary/aromatic N) is 2. The lowest BCUT2D eigenvalue weighted by Gasteiger charge is -2.21. The van der Waals surface area contributed by atoms with E-state index in [1.165, 1.54) is 10.6 Å². The number of esters is 1. The van der Waals surface area contributed by atoms with Gasteiger partial charge in [-0.1, -0.05) is 25.4 Å². The molecule has 0 saturated heterocycles. The molecule has 0 radical (unpaired) electrons. The predicted molar refractivity (Wildman–Crippen MR) is 96.4 cm³/mol. The topological polar surface area (TPSA) is 72.1 Å². The molecule has 0 aliphatic heterocycles. The Hall–Kier alpha value is -2.58. The van der Waals surface area contributed by atoms with Crippen molar-refractivity contribution in [2.75, 3.05) is 6.61 Å². The summed E-state index contributed by atoms with van der Waals surface area (Å²) in [6.45, 7) is 5.69. The highest BCUT2D eigenvalue weighted by Crippen LogP contribution is 2.26. The van der Waals surface area contributed by atoms with Crippen LogP contribution in [0.5, 0.6) is 0 Å². The normalized spacial score (nSPS) is 11.8. The molecule has 0 saturated carbocycles. The molecule has 2 aromatic rings. The van der Waals surface area contributed by atoms with E-state index in [0.717, 1.165) is 0 Å². The lowest BCUT2D eigenvalue weighted by atomic mass is 10.0. The number of carbonyl (C=O) groups is 1. The Morgan fingerprint density at radius 1 is 1.32 bits per heavy atom. The van der Waals surface area contributed by atoms with Crippen LogP contribution in [-0.4, -0.2) is 17.1 Å². The van der Waals surface area contributed by atoms with Crippen LogP contribution in [-0.2, 0) is 9.53 Å². The quantitative estimate of drug-likeness (QED) is 0.762. The van der Waals surface area contributed by atoms with Crippen molar-refractivity contribution in [1.29, 1.82) is 5.26 Å². The Labute approximate surface area is 151 Å². The molecule has 6 heteroatoms. The lowest BCUT2D eigenvalue weighted by Crippen LogP contribution is -2.33. The van der Waals surface area contributed by atoms with Gasteiger partial charge in [-0.05, 0) is 42.7 Å². The van der Waals surface area contributed by atoms with Crippen LogP contribution in [0.4, 0.5) is 0 Å². The van der Waals surface area contributed by atoms with Crippen molar-refractivity contribution in [2.24, 2.45) is 5.92 Å². The monoisotopic (exact) mass is 358 g/mol. The van der Waals surface area contributed by atoms with E-state index in [9.17, 15) is 14.9 Å². The number of carbonyl (C=O) groups excluding carboxylic acids is 1. The Morgan fingerprint density at radius 3 is 2.60 bits per heavy atom. The zero-order valence-corrected chi connectivity index (χ0v) is 15.1. The number of benzene rings is 1. The van der Waals surface area contributed by atoms with Crippen molar-refractivity contribution >= 4 is 17.6 Å². The van der Waals surface area contributed by atoms with Gasteiger partial charge in [0.1, 0.15) is 6.04 Å². The zero-order chi connectivity index (χ0) is 18.6. The fourth-order valence-electron chi connectivity index (χ4n) is 2.67. The van der Waals surface area contributed by atoms with Gasteiger partial charge in [-0.25, -0.2) is 4.79 Å². The van der Waals surface area contributed by atoms with Gasteiger partial charge in [0.05, 0.1) is 18.2 Å². The average Bonchev–Trinajstić information content (AvgIpc) is 2.56. The smallest absolute Gasteiger partial charge is 0.329 e.